The first-order valence-corrected chi connectivity index (χ1v) is 4.18. The van der Waals surface area contributed by atoms with Crippen LogP contribution in [0.2, 0.25) is 0 Å². The maximum Gasteiger partial charge on any atom is 0.334 e. The molecular formula is C8H9NO4. The van der Waals surface area contributed by atoms with E-state index < -0.39 is 12.0 Å². The third-order valence-electron chi connectivity index (χ3n) is 2.63. The number of hydrogen-bond donors (Lipinski definition) is 1. The Bertz CT molecular complexity index is 299. The minimum atomic E-state index is -1.21. The molecule has 0 aromatic carbocycles. The van der Waals surface area contributed by atoms with E-state index in [-0.39, 0.29) is 24.2 Å². The van der Waals surface area contributed by atoms with Crippen molar-refractivity contribution in [1.82, 2.24) is 4.90 Å². The number of Topliss-reactive ketones (excluding diaryl/α,β-unsaturated/α-hetero) is 1. The Morgan fingerprint density at radius 2 is 2.15 bits per heavy atom. The lowest BCUT2D eigenvalue weighted by molar-refractivity contribution is -0.169. The summed E-state index contributed by atoms with van der Waals surface area (Å²) in [5.74, 6) is -1.77. The van der Waals surface area contributed by atoms with Gasteiger partial charge in [-0.3, -0.25) is 9.59 Å². The van der Waals surface area contributed by atoms with Gasteiger partial charge in [-0.1, -0.05) is 0 Å². The fraction of sp³-hybridized carbons (Fsp3) is 0.625. The number of aliphatic carboxylic acids is 1. The van der Waals surface area contributed by atoms with E-state index in [9.17, 15) is 14.4 Å². The molecule has 0 bridgehead atoms. The van der Waals surface area contributed by atoms with Crippen LogP contribution in [0.1, 0.15) is 19.3 Å². The lowest BCUT2D eigenvalue weighted by atomic mass is 9.86. The molecule has 0 saturated carbocycles. The Kier molecular flexibility index (Phi) is 1.61. The smallest absolute Gasteiger partial charge is 0.334 e. The van der Waals surface area contributed by atoms with Gasteiger partial charge in [-0.15, -0.1) is 0 Å². The lowest BCUT2D eigenvalue weighted by Gasteiger charge is -2.46. The standard InChI is InChI=1S/C8H9NO4/c10-5-2-1-4-3-6(11)9(4)7(5)8(12)13/h4,7H,1-3H2,(H,12,13). The Morgan fingerprint density at radius 3 is 2.62 bits per heavy atom. The first-order valence-electron chi connectivity index (χ1n) is 4.18. The van der Waals surface area contributed by atoms with Gasteiger partial charge in [0.15, 0.2) is 11.8 Å². The van der Waals surface area contributed by atoms with E-state index in [1.165, 1.54) is 4.90 Å². The Balaban J connectivity index is 2.24. The van der Waals surface area contributed by atoms with Crippen LogP contribution in [0.25, 0.3) is 0 Å². The van der Waals surface area contributed by atoms with Crippen molar-refractivity contribution in [2.75, 3.05) is 0 Å². The summed E-state index contributed by atoms with van der Waals surface area (Å²) in [6.45, 7) is 0. The van der Waals surface area contributed by atoms with Crippen molar-refractivity contribution < 1.29 is 19.5 Å². The second-order valence-corrected chi connectivity index (χ2v) is 3.40. The number of carboxylic acid groups (broad SMARTS) is 1. The summed E-state index contributed by atoms with van der Waals surface area (Å²) in [6.07, 6.45) is 1.30. The van der Waals surface area contributed by atoms with E-state index in [0.29, 0.717) is 12.8 Å². The molecule has 5 nitrogen and oxygen atoms in total. The molecule has 13 heavy (non-hydrogen) atoms. The minimum Gasteiger partial charge on any atom is -0.479 e. The van der Waals surface area contributed by atoms with E-state index in [1.807, 2.05) is 0 Å². The number of carbonyl (C=O) groups is 3. The zero-order chi connectivity index (χ0) is 9.59. The van der Waals surface area contributed by atoms with Crippen molar-refractivity contribution in [1.29, 1.82) is 0 Å². The molecule has 2 saturated heterocycles. The molecular weight excluding hydrogens is 174 g/mol. The van der Waals surface area contributed by atoms with Crippen LogP contribution in [0.3, 0.4) is 0 Å². The van der Waals surface area contributed by atoms with Gasteiger partial charge in [-0.05, 0) is 6.42 Å². The highest BCUT2D eigenvalue weighted by molar-refractivity contribution is 6.07. The summed E-state index contributed by atoms with van der Waals surface area (Å²) < 4.78 is 0. The molecule has 0 radical (unpaired) electrons. The maximum atomic E-state index is 11.2. The number of amides is 1. The van der Waals surface area contributed by atoms with E-state index in [2.05, 4.69) is 0 Å². The van der Waals surface area contributed by atoms with Crippen LogP contribution in [-0.4, -0.2) is 39.7 Å². The third kappa shape index (κ3) is 1.03. The van der Waals surface area contributed by atoms with E-state index in [0.717, 1.165) is 0 Å². The van der Waals surface area contributed by atoms with Crippen LogP contribution in [0.15, 0.2) is 0 Å². The number of rotatable bonds is 1. The highest BCUT2D eigenvalue weighted by atomic mass is 16.4. The molecule has 2 rings (SSSR count). The zero-order valence-corrected chi connectivity index (χ0v) is 6.90. The van der Waals surface area contributed by atoms with Gasteiger partial charge in [0.1, 0.15) is 0 Å². The highest BCUT2D eigenvalue weighted by Gasteiger charge is 2.49. The second kappa shape index (κ2) is 2.55. The van der Waals surface area contributed by atoms with E-state index in [1.54, 1.807) is 0 Å². The third-order valence-corrected chi connectivity index (χ3v) is 2.63. The molecule has 2 atom stereocenters. The van der Waals surface area contributed by atoms with Crippen LogP contribution in [0, 0.1) is 0 Å². The van der Waals surface area contributed by atoms with Gasteiger partial charge >= 0.3 is 5.97 Å². The first-order chi connectivity index (χ1) is 6.11. The summed E-state index contributed by atoms with van der Waals surface area (Å²) >= 11 is 0. The van der Waals surface area contributed by atoms with Gasteiger partial charge in [0.2, 0.25) is 5.91 Å². The van der Waals surface area contributed by atoms with Crippen LogP contribution in [-0.2, 0) is 14.4 Å². The molecule has 5 heteroatoms. The van der Waals surface area contributed by atoms with Crippen molar-refractivity contribution in [3.05, 3.63) is 0 Å². The molecule has 0 spiro atoms. The minimum absolute atomic E-state index is 0.00806. The van der Waals surface area contributed by atoms with Crippen LogP contribution < -0.4 is 0 Å². The first kappa shape index (κ1) is 8.22. The number of nitrogens with zero attached hydrogens (tertiary/aromatic N) is 1. The SMILES string of the molecule is O=C(O)C1C(=O)CCC2CC(=O)N21. The Morgan fingerprint density at radius 1 is 1.46 bits per heavy atom. The number of carbonyl (C=O) groups excluding carboxylic acids is 2. The van der Waals surface area contributed by atoms with Crippen molar-refractivity contribution in [2.24, 2.45) is 0 Å². The van der Waals surface area contributed by atoms with Crippen LogP contribution in [0.5, 0.6) is 0 Å². The number of carboxylic acids is 1. The Labute approximate surface area is 74.3 Å². The maximum absolute atomic E-state index is 11.2. The molecule has 1 amide bonds. The monoisotopic (exact) mass is 183 g/mol. The number of piperidine rings is 1. The van der Waals surface area contributed by atoms with Gasteiger partial charge in [-0.25, -0.2) is 4.79 Å². The van der Waals surface area contributed by atoms with Gasteiger partial charge < -0.3 is 10.0 Å². The molecule has 2 unspecified atom stereocenters. The van der Waals surface area contributed by atoms with Crippen molar-refractivity contribution in [3.8, 4) is 0 Å². The van der Waals surface area contributed by atoms with Gasteiger partial charge in [-0.2, -0.15) is 0 Å². The fourth-order valence-corrected chi connectivity index (χ4v) is 1.95. The molecule has 2 heterocycles. The number of β-lactam (4-membered cyclic amide) rings is 1. The number of ketones is 1. The molecule has 0 aliphatic carbocycles. The van der Waals surface area contributed by atoms with Gasteiger partial charge in [0.05, 0.1) is 0 Å². The largest absolute Gasteiger partial charge is 0.479 e. The summed E-state index contributed by atoms with van der Waals surface area (Å²) in [6, 6.07) is -1.22. The molecule has 70 valence electrons. The molecule has 2 aliphatic heterocycles. The highest BCUT2D eigenvalue weighted by Crippen LogP contribution is 2.31. The normalized spacial score (nSPS) is 32.5. The Hall–Kier alpha value is -1.39. The molecule has 0 aromatic rings. The van der Waals surface area contributed by atoms with Crippen LogP contribution in [0.4, 0.5) is 0 Å². The zero-order valence-electron chi connectivity index (χ0n) is 6.90. The number of hydrogen-bond acceptors (Lipinski definition) is 3. The topological polar surface area (TPSA) is 74.7 Å². The van der Waals surface area contributed by atoms with E-state index >= 15 is 0 Å². The molecule has 2 fully saturated rings. The molecule has 0 aromatic heterocycles. The fourth-order valence-electron chi connectivity index (χ4n) is 1.95. The quantitative estimate of drug-likeness (QED) is 0.435. The summed E-state index contributed by atoms with van der Waals surface area (Å²) in [5, 5.41) is 8.73. The predicted octanol–water partition coefficient (Wildman–Crippen LogP) is -0.597. The van der Waals surface area contributed by atoms with Crippen molar-refractivity contribution in [2.45, 2.75) is 31.3 Å². The lowest BCUT2D eigenvalue weighted by Crippen LogP contribution is -2.65. The van der Waals surface area contributed by atoms with Gasteiger partial charge in [0, 0.05) is 18.9 Å². The summed E-state index contributed by atoms with van der Waals surface area (Å²) in [5.41, 5.74) is 0. The molecule has 2 aliphatic rings. The van der Waals surface area contributed by atoms with Crippen molar-refractivity contribution >= 4 is 17.7 Å². The predicted molar refractivity (Wildman–Crippen MR) is 40.9 cm³/mol. The number of fused-ring (bicyclic) bond motifs is 1. The van der Waals surface area contributed by atoms with Crippen molar-refractivity contribution in [3.63, 3.8) is 0 Å². The van der Waals surface area contributed by atoms with Crippen LogP contribution >= 0.6 is 0 Å². The van der Waals surface area contributed by atoms with Gasteiger partial charge in [0.25, 0.3) is 0 Å². The molecule has 1 N–H and O–H groups in total. The average molecular weight is 183 g/mol. The second-order valence-electron chi connectivity index (χ2n) is 3.40. The van der Waals surface area contributed by atoms with E-state index in [4.69, 9.17) is 5.11 Å². The average Bonchev–Trinajstić information content (AvgIpc) is 2.05. The summed E-state index contributed by atoms with van der Waals surface area (Å²) in [4.78, 5) is 34.1. The summed E-state index contributed by atoms with van der Waals surface area (Å²) in [7, 11) is 0.